The van der Waals surface area contributed by atoms with Crippen molar-refractivity contribution in [2.75, 3.05) is 0 Å². The molecule has 4 aliphatic rings. The van der Waals surface area contributed by atoms with Crippen LogP contribution < -0.4 is 0 Å². The van der Waals surface area contributed by atoms with Gasteiger partial charge in [0, 0.05) is 18.8 Å². The third-order valence-corrected chi connectivity index (χ3v) is 10.9. The lowest BCUT2D eigenvalue weighted by molar-refractivity contribution is -0.163. The molecule has 0 bridgehead atoms. The molecule has 0 aromatic rings. The summed E-state index contributed by atoms with van der Waals surface area (Å²) in [6, 6.07) is 0. The van der Waals surface area contributed by atoms with Crippen LogP contribution in [0.4, 0.5) is 0 Å². The smallest absolute Gasteiger partial charge is 0.302 e. The molecule has 4 rings (SSSR count). The Kier molecular flexibility index (Phi) is 6.71. The van der Waals surface area contributed by atoms with E-state index in [4.69, 9.17) is 4.74 Å². The number of aliphatic hydroxyl groups is 1. The van der Waals surface area contributed by atoms with E-state index in [1.165, 1.54) is 38.2 Å². The molecule has 0 aliphatic heterocycles. The Balaban J connectivity index is 1.54. The van der Waals surface area contributed by atoms with E-state index in [2.05, 4.69) is 53.7 Å². The van der Waals surface area contributed by atoms with Gasteiger partial charge in [-0.25, -0.2) is 0 Å². The Labute approximate surface area is 202 Å². The molecule has 0 saturated heterocycles. The maximum atomic E-state index is 11.8. The molecule has 0 aromatic heterocycles. The number of carbonyl (C=O) groups excluding carboxylic acids is 1. The minimum atomic E-state index is -0.813. The maximum absolute atomic E-state index is 11.8. The Bertz CT molecular complexity index is 824. The lowest BCUT2D eigenvalue weighted by Gasteiger charge is -2.57. The second-order valence-corrected chi connectivity index (χ2v) is 13.0. The van der Waals surface area contributed by atoms with Gasteiger partial charge in [-0.2, -0.15) is 0 Å². The summed E-state index contributed by atoms with van der Waals surface area (Å²) in [7, 11) is 0. The van der Waals surface area contributed by atoms with Crippen molar-refractivity contribution >= 4 is 5.97 Å². The lowest BCUT2D eigenvalue weighted by Crippen LogP contribution is -2.56. The van der Waals surface area contributed by atoms with E-state index in [-0.39, 0.29) is 17.5 Å². The Morgan fingerprint density at radius 2 is 1.82 bits per heavy atom. The molecule has 2 saturated carbocycles. The summed E-state index contributed by atoms with van der Waals surface area (Å²) in [5.74, 6) is 3.52. The van der Waals surface area contributed by atoms with Crippen LogP contribution in [0.25, 0.3) is 0 Å². The molecular formula is C30H48O3. The van der Waals surface area contributed by atoms with Gasteiger partial charge in [-0.15, -0.1) is 0 Å². The minimum Gasteiger partial charge on any atom is -0.462 e. The van der Waals surface area contributed by atoms with Crippen LogP contribution >= 0.6 is 0 Å². The van der Waals surface area contributed by atoms with Gasteiger partial charge < -0.3 is 9.84 Å². The molecule has 6 unspecified atom stereocenters. The van der Waals surface area contributed by atoms with Crippen LogP contribution in [0.1, 0.15) is 106 Å². The van der Waals surface area contributed by atoms with E-state index in [9.17, 15) is 9.90 Å². The molecule has 0 amide bonds. The quantitative estimate of drug-likeness (QED) is 0.428. The van der Waals surface area contributed by atoms with Crippen LogP contribution in [-0.2, 0) is 9.53 Å². The van der Waals surface area contributed by atoms with Crippen molar-refractivity contribution in [3.05, 3.63) is 23.3 Å². The summed E-state index contributed by atoms with van der Waals surface area (Å²) in [5, 5.41) is 11.8. The number of ether oxygens (including phenoxy) is 1. The largest absolute Gasteiger partial charge is 0.462 e. The van der Waals surface area contributed by atoms with Crippen molar-refractivity contribution in [1.82, 2.24) is 0 Å². The third-order valence-electron chi connectivity index (χ3n) is 10.9. The van der Waals surface area contributed by atoms with Crippen LogP contribution in [0.15, 0.2) is 23.3 Å². The van der Waals surface area contributed by atoms with E-state index in [1.54, 1.807) is 5.57 Å². The SMILES string of the molecule is CC(=O)OC1CCC2(C)C3=CCC4(C)C(CCC4[C@H](C)CC[C@H](C)C(C)C)C3=CCC2(O)C1. The Hall–Kier alpha value is -1.09. The maximum Gasteiger partial charge on any atom is 0.302 e. The monoisotopic (exact) mass is 456 g/mol. The highest BCUT2D eigenvalue weighted by molar-refractivity contribution is 5.66. The van der Waals surface area contributed by atoms with E-state index < -0.39 is 5.60 Å². The number of carbonyl (C=O) groups is 1. The van der Waals surface area contributed by atoms with Crippen LogP contribution in [0.2, 0.25) is 0 Å². The Morgan fingerprint density at radius 1 is 1.09 bits per heavy atom. The van der Waals surface area contributed by atoms with Gasteiger partial charge in [-0.3, -0.25) is 4.79 Å². The molecule has 1 N–H and O–H groups in total. The number of allylic oxidation sites excluding steroid dienone is 2. The predicted octanol–water partition coefficient (Wildman–Crippen LogP) is 7.24. The third kappa shape index (κ3) is 4.15. The van der Waals surface area contributed by atoms with Crippen LogP contribution in [0, 0.1) is 40.4 Å². The molecule has 3 heteroatoms. The first-order valence-corrected chi connectivity index (χ1v) is 13.7. The highest BCUT2D eigenvalue weighted by atomic mass is 16.5. The van der Waals surface area contributed by atoms with Crippen molar-refractivity contribution in [3.63, 3.8) is 0 Å². The summed E-state index contributed by atoms with van der Waals surface area (Å²) < 4.78 is 5.53. The van der Waals surface area contributed by atoms with E-state index in [1.807, 2.05) is 0 Å². The van der Waals surface area contributed by atoms with E-state index in [0.717, 1.165) is 42.9 Å². The summed E-state index contributed by atoms with van der Waals surface area (Å²) >= 11 is 0. The van der Waals surface area contributed by atoms with Gasteiger partial charge in [0.1, 0.15) is 6.10 Å². The molecule has 0 spiro atoms. The first-order chi connectivity index (χ1) is 15.4. The first-order valence-electron chi connectivity index (χ1n) is 13.7. The topological polar surface area (TPSA) is 46.5 Å². The zero-order chi connectivity index (χ0) is 24.2. The van der Waals surface area contributed by atoms with Gasteiger partial charge in [0.25, 0.3) is 0 Å². The van der Waals surface area contributed by atoms with Crippen molar-refractivity contribution in [1.29, 1.82) is 0 Å². The standard InChI is InChI=1S/C30H48O3/c1-19(2)20(3)8-9-21(4)25-10-11-26-24-13-17-30(32)18-23(33-22(5)31)12-16-29(30,7)27(24)14-15-28(25,26)6/h13-14,19-21,23,25-26,32H,8-12,15-18H2,1-7H3/t20-,21+,23?,25?,26?,28?,29?,30?/m0/s1. The predicted molar refractivity (Wildman–Crippen MR) is 135 cm³/mol. The normalized spacial score (nSPS) is 41.9. The van der Waals surface area contributed by atoms with Gasteiger partial charge >= 0.3 is 5.97 Å². The van der Waals surface area contributed by atoms with Gasteiger partial charge in [-0.05, 0) is 84.7 Å². The summed E-state index contributed by atoms with van der Waals surface area (Å²) in [6.45, 7) is 15.9. The number of fused-ring (bicyclic) bond motifs is 5. The molecule has 0 radical (unpaired) electrons. The van der Waals surface area contributed by atoms with Crippen molar-refractivity contribution in [2.45, 2.75) is 118 Å². The Morgan fingerprint density at radius 3 is 2.48 bits per heavy atom. The second-order valence-electron chi connectivity index (χ2n) is 13.0. The summed E-state index contributed by atoms with van der Waals surface area (Å²) in [6.07, 6.45) is 14.2. The average Bonchev–Trinajstić information content (AvgIpc) is 3.09. The number of hydrogen-bond acceptors (Lipinski definition) is 3. The molecule has 4 aliphatic carbocycles. The summed E-state index contributed by atoms with van der Waals surface area (Å²) in [4.78, 5) is 11.5. The van der Waals surface area contributed by atoms with Gasteiger partial charge in [-0.1, -0.05) is 66.5 Å². The molecule has 33 heavy (non-hydrogen) atoms. The molecule has 2 fully saturated rings. The first kappa shape index (κ1) is 25.0. The molecule has 3 nitrogen and oxygen atoms in total. The van der Waals surface area contributed by atoms with Crippen molar-refractivity contribution < 1.29 is 14.6 Å². The number of rotatable bonds is 6. The highest BCUT2D eigenvalue weighted by Crippen LogP contribution is 2.65. The minimum absolute atomic E-state index is 0.157. The fraction of sp³-hybridized carbons (Fsp3) is 0.833. The van der Waals surface area contributed by atoms with E-state index >= 15 is 0 Å². The molecular weight excluding hydrogens is 408 g/mol. The molecule has 8 atom stereocenters. The molecule has 0 heterocycles. The molecule has 0 aromatic carbocycles. The van der Waals surface area contributed by atoms with Crippen LogP contribution in [0.3, 0.4) is 0 Å². The van der Waals surface area contributed by atoms with Crippen molar-refractivity contribution in [3.8, 4) is 0 Å². The zero-order valence-electron chi connectivity index (χ0n) is 22.2. The second kappa shape index (κ2) is 8.85. The average molecular weight is 457 g/mol. The fourth-order valence-electron chi connectivity index (χ4n) is 8.18. The van der Waals surface area contributed by atoms with Crippen molar-refractivity contribution in [2.24, 2.45) is 40.4 Å². The highest BCUT2D eigenvalue weighted by Gasteiger charge is 2.60. The van der Waals surface area contributed by atoms with Gasteiger partial charge in [0.05, 0.1) is 5.60 Å². The van der Waals surface area contributed by atoms with Crippen LogP contribution in [0.5, 0.6) is 0 Å². The summed E-state index contributed by atoms with van der Waals surface area (Å²) in [5.41, 5.74) is 2.27. The molecule has 186 valence electrons. The van der Waals surface area contributed by atoms with Crippen LogP contribution in [-0.4, -0.2) is 22.8 Å². The van der Waals surface area contributed by atoms with E-state index in [0.29, 0.717) is 24.2 Å². The lowest BCUT2D eigenvalue weighted by atomic mass is 9.50. The van der Waals surface area contributed by atoms with Gasteiger partial charge in [0.15, 0.2) is 0 Å². The zero-order valence-corrected chi connectivity index (χ0v) is 22.2. The number of hydrogen-bond donors (Lipinski definition) is 1. The number of esters is 1. The van der Waals surface area contributed by atoms with Gasteiger partial charge in [0.2, 0.25) is 0 Å². The fourth-order valence-corrected chi connectivity index (χ4v) is 8.18.